The first-order valence-corrected chi connectivity index (χ1v) is 10.9. The zero-order valence-corrected chi connectivity index (χ0v) is 17.6. The van der Waals surface area contributed by atoms with Crippen molar-refractivity contribution >= 4 is 17.8 Å². The van der Waals surface area contributed by atoms with Crippen molar-refractivity contribution in [2.75, 3.05) is 32.7 Å². The molecule has 1 saturated carbocycles. The quantitative estimate of drug-likeness (QED) is 0.682. The monoisotopic (exact) mass is 424 g/mol. The number of rotatable bonds is 5. The van der Waals surface area contributed by atoms with Gasteiger partial charge in [0.1, 0.15) is 5.54 Å². The van der Waals surface area contributed by atoms with Crippen LogP contribution in [-0.2, 0) is 16.1 Å². The van der Waals surface area contributed by atoms with Gasteiger partial charge in [-0.25, -0.2) is 4.79 Å². The highest BCUT2D eigenvalue weighted by Gasteiger charge is 2.52. The van der Waals surface area contributed by atoms with E-state index in [9.17, 15) is 14.4 Å². The van der Waals surface area contributed by atoms with E-state index in [0.29, 0.717) is 18.4 Å². The third-order valence-electron chi connectivity index (χ3n) is 6.43. The van der Waals surface area contributed by atoms with Gasteiger partial charge in [0, 0.05) is 32.7 Å². The Bertz CT molecular complexity index is 880. The smallest absolute Gasteiger partial charge is 0.322 e. The molecule has 2 N–H and O–H groups in total. The molecule has 1 aliphatic carbocycles. The number of nitrogens with one attached hydrogen (secondary N) is 2. The first-order valence-electron chi connectivity index (χ1n) is 10.9. The van der Waals surface area contributed by atoms with Gasteiger partial charge < -0.3 is 5.32 Å². The molecule has 1 aromatic carbocycles. The van der Waals surface area contributed by atoms with Gasteiger partial charge in [-0.1, -0.05) is 31.4 Å². The Balaban J connectivity index is 1.23. The number of hydrazine groups is 1. The summed E-state index contributed by atoms with van der Waals surface area (Å²) in [5.74, 6) is -0.685. The lowest BCUT2D eigenvalue weighted by molar-refractivity contribution is -0.140. The molecule has 31 heavy (non-hydrogen) atoms. The Morgan fingerprint density at radius 2 is 1.68 bits per heavy atom. The van der Waals surface area contributed by atoms with Crippen molar-refractivity contribution in [1.29, 1.82) is 5.26 Å². The number of hydrogen-bond donors (Lipinski definition) is 2. The molecule has 2 aliphatic heterocycles. The summed E-state index contributed by atoms with van der Waals surface area (Å²) in [5, 5.41) is 12.6. The van der Waals surface area contributed by atoms with Crippen LogP contribution in [0.1, 0.15) is 43.2 Å². The van der Waals surface area contributed by atoms with E-state index in [0.717, 1.165) is 62.6 Å². The van der Waals surface area contributed by atoms with E-state index < -0.39 is 11.6 Å². The first-order chi connectivity index (χ1) is 15.0. The Morgan fingerprint density at radius 1 is 1.03 bits per heavy atom. The Morgan fingerprint density at radius 3 is 2.32 bits per heavy atom. The van der Waals surface area contributed by atoms with Crippen LogP contribution in [0.3, 0.4) is 0 Å². The van der Waals surface area contributed by atoms with Gasteiger partial charge in [-0.3, -0.25) is 24.8 Å². The minimum atomic E-state index is -0.834. The lowest BCUT2D eigenvalue weighted by atomic mass is 9.82. The van der Waals surface area contributed by atoms with E-state index in [-0.39, 0.29) is 18.4 Å². The molecule has 3 fully saturated rings. The van der Waals surface area contributed by atoms with Crippen molar-refractivity contribution in [3.8, 4) is 6.07 Å². The number of urea groups is 1. The fourth-order valence-electron chi connectivity index (χ4n) is 4.63. The zero-order valence-electron chi connectivity index (χ0n) is 17.6. The summed E-state index contributed by atoms with van der Waals surface area (Å²) in [4.78, 5) is 41.9. The molecular weight excluding hydrogens is 396 g/mol. The highest BCUT2D eigenvalue weighted by Crippen LogP contribution is 2.32. The minimum Gasteiger partial charge on any atom is -0.322 e. The van der Waals surface area contributed by atoms with Crippen molar-refractivity contribution in [3.63, 3.8) is 0 Å². The van der Waals surface area contributed by atoms with Crippen LogP contribution in [0.15, 0.2) is 24.3 Å². The van der Waals surface area contributed by atoms with E-state index in [1.807, 2.05) is 29.2 Å². The number of amides is 4. The van der Waals surface area contributed by atoms with Crippen molar-refractivity contribution in [3.05, 3.63) is 35.4 Å². The Kier molecular flexibility index (Phi) is 6.20. The van der Waals surface area contributed by atoms with Gasteiger partial charge >= 0.3 is 6.03 Å². The SMILES string of the molecule is N#Cc1ccc(CN2CCN(CC(=O)NN3C(=O)NC4(CCCCC4)C3=O)CC2)cc1. The van der Waals surface area contributed by atoms with Crippen LogP contribution in [0.4, 0.5) is 4.79 Å². The van der Waals surface area contributed by atoms with Crippen LogP contribution in [0.2, 0.25) is 0 Å². The fourth-order valence-corrected chi connectivity index (χ4v) is 4.63. The van der Waals surface area contributed by atoms with Gasteiger partial charge in [-0.05, 0) is 30.5 Å². The summed E-state index contributed by atoms with van der Waals surface area (Å²) < 4.78 is 0. The van der Waals surface area contributed by atoms with Crippen LogP contribution in [0.25, 0.3) is 0 Å². The summed E-state index contributed by atoms with van der Waals surface area (Å²) in [6.45, 7) is 4.05. The molecule has 9 heteroatoms. The maximum Gasteiger partial charge on any atom is 0.344 e. The molecule has 0 atom stereocenters. The molecule has 4 amide bonds. The molecular formula is C22H28N6O3. The minimum absolute atomic E-state index is 0.148. The Labute approximate surface area is 181 Å². The largest absolute Gasteiger partial charge is 0.344 e. The van der Waals surface area contributed by atoms with E-state index in [2.05, 4.69) is 21.7 Å². The molecule has 2 heterocycles. The standard InChI is InChI=1S/C22H28N6O3/c23-14-17-4-6-18(7-5-17)15-26-10-12-27(13-11-26)16-19(29)25-28-20(30)22(24-21(28)31)8-2-1-3-9-22/h4-7H,1-3,8-13,15-16H2,(H,24,31)(H,25,29). The number of benzene rings is 1. The van der Waals surface area contributed by atoms with Crippen LogP contribution in [-0.4, -0.2) is 70.9 Å². The predicted octanol–water partition coefficient (Wildman–Crippen LogP) is 0.962. The summed E-state index contributed by atoms with van der Waals surface area (Å²) >= 11 is 0. The summed E-state index contributed by atoms with van der Waals surface area (Å²) in [6.07, 6.45) is 4.13. The van der Waals surface area contributed by atoms with E-state index in [1.54, 1.807) is 0 Å². The molecule has 164 valence electrons. The second-order valence-electron chi connectivity index (χ2n) is 8.61. The maximum absolute atomic E-state index is 12.8. The number of carbonyl (C=O) groups is 3. The third kappa shape index (κ3) is 4.70. The second-order valence-corrected chi connectivity index (χ2v) is 8.61. The van der Waals surface area contributed by atoms with Crippen molar-refractivity contribution in [2.24, 2.45) is 0 Å². The molecule has 1 spiro atoms. The highest BCUT2D eigenvalue weighted by atomic mass is 16.2. The molecule has 3 aliphatic rings. The van der Waals surface area contributed by atoms with Crippen molar-refractivity contribution in [2.45, 2.75) is 44.2 Å². The molecule has 0 bridgehead atoms. The number of nitrogens with zero attached hydrogens (tertiary/aromatic N) is 4. The lowest BCUT2D eigenvalue weighted by Gasteiger charge is -2.34. The molecule has 2 saturated heterocycles. The molecule has 0 aromatic heterocycles. The molecule has 1 aromatic rings. The molecule has 0 radical (unpaired) electrons. The lowest BCUT2D eigenvalue weighted by Crippen LogP contribution is -2.54. The van der Waals surface area contributed by atoms with Gasteiger partial charge in [0.2, 0.25) is 0 Å². The molecule has 9 nitrogen and oxygen atoms in total. The van der Waals surface area contributed by atoms with Gasteiger partial charge in [0.05, 0.1) is 18.2 Å². The normalized spacial score (nSPS) is 21.7. The number of carbonyl (C=O) groups excluding carboxylic acids is 3. The number of nitriles is 1. The number of piperazine rings is 1. The van der Waals surface area contributed by atoms with Crippen LogP contribution >= 0.6 is 0 Å². The maximum atomic E-state index is 12.8. The van der Waals surface area contributed by atoms with E-state index >= 15 is 0 Å². The third-order valence-corrected chi connectivity index (χ3v) is 6.43. The summed E-state index contributed by atoms with van der Waals surface area (Å²) in [5.41, 5.74) is 3.48. The first kappa shape index (κ1) is 21.3. The van der Waals surface area contributed by atoms with Gasteiger partial charge in [0.15, 0.2) is 0 Å². The highest BCUT2D eigenvalue weighted by molar-refractivity contribution is 6.08. The van der Waals surface area contributed by atoms with Gasteiger partial charge in [-0.15, -0.1) is 0 Å². The topological polar surface area (TPSA) is 109 Å². The summed E-state index contributed by atoms with van der Waals surface area (Å²) in [6, 6.07) is 9.17. The summed E-state index contributed by atoms with van der Waals surface area (Å²) in [7, 11) is 0. The average molecular weight is 425 g/mol. The molecule has 4 rings (SSSR count). The van der Waals surface area contributed by atoms with E-state index in [4.69, 9.17) is 5.26 Å². The van der Waals surface area contributed by atoms with Crippen molar-refractivity contribution < 1.29 is 14.4 Å². The van der Waals surface area contributed by atoms with Gasteiger partial charge in [-0.2, -0.15) is 10.3 Å². The van der Waals surface area contributed by atoms with Crippen LogP contribution in [0.5, 0.6) is 0 Å². The molecule has 0 unspecified atom stereocenters. The van der Waals surface area contributed by atoms with Gasteiger partial charge in [0.25, 0.3) is 11.8 Å². The Hall–Kier alpha value is -2.96. The van der Waals surface area contributed by atoms with Crippen LogP contribution in [0, 0.1) is 11.3 Å². The average Bonchev–Trinajstić information content (AvgIpc) is 3.00. The second kappa shape index (κ2) is 9.04. The zero-order chi connectivity index (χ0) is 21.8. The number of hydrogen-bond acceptors (Lipinski definition) is 6. The van der Waals surface area contributed by atoms with E-state index in [1.165, 1.54) is 0 Å². The van der Waals surface area contributed by atoms with Crippen molar-refractivity contribution in [1.82, 2.24) is 25.6 Å². The van der Waals surface area contributed by atoms with Crippen LogP contribution < -0.4 is 10.7 Å². The fraction of sp³-hybridized carbons (Fsp3) is 0.545. The predicted molar refractivity (Wildman–Crippen MR) is 112 cm³/mol. The number of imide groups is 1.